The van der Waals surface area contributed by atoms with E-state index < -0.39 is 0 Å². The van der Waals surface area contributed by atoms with Gasteiger partial charge in [-0.2, -0.15) is 0 Å². The molecule has 4 heteroatoms. The van der Waals surface area contributed by atoms with Gasteiger partial charge in [0, 0.05) is 32.2 Å². The smallest absolute Gasteiger partial charge is 0.259 e. The predicted molar refractivity (Wildman–Crippen MR) is 107 cm³/mol. The highest BCUT2D eigenvalue weighted by Gasteiger charge is 2.16. The lowest BCUT2D eigenvalue weighted by molar-refractivity contribution is -0.130. The monoisotopic (exact) mass is 354 g/mol. The molecular weight excluding hydrogens is 324 g/mol. The van der Waals surface area contributed by atoms with Crippen molar-refractivity contribution in [1.82, 2.24) is 10.2 Å². The first-order chi connectivity index (χ1) is 12.5. The number of rotatable bonds is 9. The first-order valence-electron chi connectivity index (χ1n) is 9.23. The number of benzene rings is 2. The highest BCUT2D eigenvalue weighted by molar-refractivity contribution is 5.77. The Balaban J connectivity index is 2.03. The van der Waals surface area contributed by atoms with Gasteiger partial charge in [-0.25, -0.2) is 0 Å². The van der Waals surface area contributed by atoms with Gasteiger partial charge >= 0.3 is 0 Å². The number of hydrogen-bond acceptors (Lipinski definition) is 3. The van der Waals surface area contributed by atoms with E-state index in [9.17, 15) is 4.79 Å². The third-order valence-electron chi connectivity index (χ3n) is 4.59. The maximum atomic E-state index is 11.8. The molecule has 2 aromatic carbocycles. The molecule has 0 aliphatic rings. The minimum Gasteiger partial charge on any atom is -0.483 e. The fraction of sp³-hybridized carbons (Fsp3) is 0.409. The molecule has 1 N–H and O–H groups in total. The third kappa shape index (κ3) is 5.60. The molecule has 2 unspecified atom stereocenters. The molecule has 26 heavy (non-hydrogen) atoms. The Hall–Kier alpha value is -2.33. The minimum atomic E-state index is -0.0430. The van der Waals surface area contributed by atoms with Gasteiger partial charge in [-0.1, -0.05) is 62.4 Å². The van der Waals surface area contributed by atoms with Crippen LogP contribution >= 0.6 is 0 Å². The molecule has 1 amide bonds. The molecular formula is C22H30N2O2. The van der Waals surface area contributed by atoms with E-state index in [1.807, 2.05) is 24.3 Å². The lowest BCUT2D eigenvalue weighted by Crippen LogP contribution is -2.29. The number of carbonyl (C=O) groups excluding carboxylic acids is 1. The maximum absolute atomic E-state index is 11.8. The van der Waals surface area contributed by atoms with Gasteiger partial charge in [-0.3, -0.25) is 4.79 Å². The Kier molecular flexibility index (Phi) is 7.67. The molecule has 0 spiro atoms. The number of para-hydroxylation sites is 1. The minimum absolute atomic E-state index is 0.0430. The fourth-order valence-corrected chi connectivity index (χ4v) is 2.86. The van der Waals surface area contributed by atoms with E-state index in [4.69, 9.17) is 4.74 Å². The van der Waals surface area contributed by atoms with Crippen molar-refractivity contribution in [2.24, 2.45) is 0 Å². The zero-order valence-electron chi connectivity index (χ0n) is 16.2. The average Bonchev–Trinajstić information content (AvgIpc) is 2.67. The Labute approximate surface area is 157 Å². The lowest BCUT2D eigenvalue weighted by Gasteiger charge is -2.23. The van der Waals surface area contributed by atoms with E-state index in [2.05, 4.69) is 49.5 Å². The van der Waals surface area contributed by atoms with Gasteiger partial charge in [-0.05, 0) is 24.0 Å². The summed E-state index contributed by atoms with van der Waals surface area (Å²) < 4.78 is 5.80. The van der Waals surface area contributed by atoms with Crippen LogP contribution in [0, 0.1) is 0 Å². The largest absolute Gasteiger partial charge is 0.483 e. The molecule has 0 aromatic heterocycles. The summed E-state index contributed by atoms with van der Waals surface area (Å²) >= 11 is 0. The van der Waals surface area contributed by atoms with E-state index in [0.29, 0.717) is 5.92 Å². The topological polar surface area (TPSA) is 41.6 Å². The quantitative estimate of drug-likeness (QED) is 0.740. The van der Waals surface area contributed by atoms with Crippen LogP contribution in [0.3, 0.4) is 0 Å². The van der Waals surface area contributed by atoms with E-state index in [0.717, 1.165) is 24.3 Å². The molecule has 0 saturated carbocycles. The van der Waals surface area contributed by atoms with Crippen LogP contribution in [0.2, 0.25) is 0 Å². The van der Waals surface area contributed by atoms with E-state index >= 15 is 0 Å². The number of likely N-dealkylation sites (N-methyl/N-ethyl adjacent to an activating group) is 1. The number of carbonyl (C=O) groups is 1. The molecule has 2 atom stereocenters. The number of amides is 1. The van der Waals surface area contributed by atoms with E-state index in [1.165, 1.54) is 5.56 Å². The molecule has 0 aliphatic heterocycles. The number of ether oxygens (including phenoxy) is 1. The summed E-state index contributed by atoms with van der Waals surface area (Å²) in [4.78, 5) is 13.4. The van der Waals surface area contributed by atoms with Crippen molar-refractivity contribution in [2.45, 2.75) is 32.2 Å². The summed E-state index contributed by atoms with van der Waals surface area (Å²) in [6.45, 7) is 5.33. The molecule has 0 fully saturated rings. The molecule has 0 heterocycles. The molecule has 0 radical (unpaired) electrons. The molecule has 0 saturated heterocycles. The zero-order chi connectivity index (χ0) is 18.9. The van der Waals surface area contributed by atoms with Crippen LogP contribution < -0.4 is 10.1 Å². The van der Waals surface area contributed by atoms with Crippen molar-refractivity contribution in [3.8, 4) is 5.75 Å². The zero-order valence-corrected chi connectivity index (χ0v) is 16.2. The van der Waals surface area contributed by atoms with Gasteiger partial charge in [0.1, 0.15) is 5.75 Å². The molecule has 0 bridgehead atoms. The van der Waals surface area contributed by atoms with Crippen LogP contribution in [0.1, 0.15) is 43.4 Å². The molecule has 2 rings (SSSR count). The van der Waals surface area contributed by atoms with Crippen molar-refractivity contribution in [3.05, 3.63) is 65.7 Å². The van der Waals surface area contributed by atoms with E-state index in [-0.39, 0.29) is 18.6 Å². The Morgan fingerprint density at radius 3 is 2.38 bits per heavy atom. The Bertz CT molecular complexity index is 686. The maximum Gasteiger partial charge on any atom is 0.259 e. The van der Waals surface area contributed by atoms with Crippen LogP contribution in [0.4, 0.5) is 0 Å². The summed E-state index contributed by atoms with van der Waals surface area (Å²) in [7, 11) is 3.47. The fourth-order valence-electron chi connectivity index (χ4n) is 2.86. The van der Waals surface area contributed by atoms with Gasteiger partial charge in [0.25, 0.3) is 5.91 Å². The summed E-state index contributed by atoms with van der Waals surface area (Å²) in [5.41, 5.74) is 2.43. The summed E-state index contributed by atoms with van der Waals surface area (Å²) in [6, 6.07) is 18.7. The van der Waals surface area contributed by atoms with Crippen molar-refractivity contribution in [2.75, 3.05) is 27.2 Å². The molecule has 2 aromatic rings. The van der Waals surface area contributed by atoms with Gasteiger partial charge in [0.15, 0.2) is 6.61 Å². The van der Waals surface area contributed by atoms with Gasteiger partial charge < -0.3 is 15.0 Å². The highest BCUT2D eigenvalue weighted by atomic mass is 16.5. The molecule has 140 valence electrons. The Morgan fingerprint density at radius 1 is 1.08 bits per heavy atom. The summed E-state index contributed by atoms with van der Waals surface area (Å²) in [5, 5.41) is 3.66. The summed E-state index contributed by atoms with van der Waals surface area (Å²) in [5.74, 6) is 1.15. The second-order valence-corrected chi connectivity index (χ2v) is 6.80. The normalized spacial score (nSPS) is 13.1. The number of nitrogens with zero attached hydrogens (tertiary/aromatic N) is 1. The number of nitrogens with one attached hydrogen (secondary N) is 1. The number of hydrogen-bond donors (Lipinski definition) is 1. The SMILES string of the molecule is CCC(NCC(C)c1ccccc1)c1ccccc1OCC(=O)N(C)C. The van der Waals surface area contributed by atoms with Gasteiger partial charge in [-0.15, -0.1) is 0 Å². The van der Waals surface area contributed by atoms with Crippen LogP contribution in [0.15, 0.2) is 54.6 Å². The average molecular weight is 354 g/mol. The van der Waals surface area contributed by atoms with Crippen molar-refractivity contribution in [3.63, 3.8) is 0 Å². The first-order valence-corrected chi connectivity index (χ1v) is 9.23. The molecule has 4 nitrogen and oxygen atoms in total. The van der Waals surface area contributed by atoms with E-state index in [1.54, 1.807) is 19.0 Å². The highest BCUT2D eigenvalue weighted by Crippen LogP contribution is 2.28. The second-order valence-electron chi connectivity index (χ2n) is 6.80. The summed E-state index contributed by atoms with van der Waals surface area (Å²) in [6.07, 6.45) is 0.948. The van der Waals surface area contributed by atoms with Crippen molar-refractivity contribution < 1.29 is 9.53 Å². The molecule has 0 aliphatic carbocycles. The van der Waals surface area contributed by atoms with Crippen LogP contribution in [-0.4, -0.2) is 38.1 Å². The predicted octanol–water partition coefficient (Wildman–Crippen LogP) is 4.00. The second kappa shape index (κ2) is 9.97. The van der Waals surface area contributed by atoms with Gasteiger partial charge in [0.05, 0.1) is 0 Å². The Morgan fingerprint density at radius 2 is 1.73 bits per heavy atom. The third-order valence-corrected chi connectivity index (χ3v) is 4.59. The van der Waals surface area contributed by atoms with Crippen molar-refractivity contribution in [1.29, 1.82) is 0 Å². The van der Waals surface area contributed by atoms with Crippen LogP contribution in [-0.2, 0) is 4.79 Å². The van der Waals surface area contributed by atoms with Crippen LogP contribution in [0.25, 0.3) is 0 Å². The first kappa shape index (κ1) is 20.0. The lowest BCUT2D eigenvalue weighted by atomic mass is 9.99. The van der Waals surface area contributed by atoms with Gasteiger partial charge in [0.2, 0.25) is 0 Å². The van der Waals surface area contributed by atoms with Crippen LogP contribution in [0.5, 0.6) is 5.75 Å². The van der Waals surface area contributed by atoms with Crippen molar-refractivity contribution >= 4 is 5.91 Å². The standard InChI is InChI=1S/C22H30N2O2/c1-5-20(23-15-17(2)18-11-7-6-8-12-18)19-13-9-10-14-21(19)26-16-22(25)24(3)4/h6-14,17,20,23H,5,15-16H2,1-4H3.